The lowest BCUT2D eigenvalue weighted by molar-refractivity contribution is -0.115. The highest BCUT2D eigenvalue weighted by Gasteiger charge is 2.37. The van der Waals surface area contributed by atoms with Crippen LogP contribution in [0.4, 0.5) is 0 Å². The summed E-state index contributed by atoms with van der Waals surface area (Å²) in [6.45, 7) is 5.80. The lowest BCUT2D eigenvalue weighted by Gasteiger charge is -2.46. The molecule has 0 N–H and O–H groups in total. The van der Waals surface area contributed by atoms with Gasteiger partial charge in [-0.05, 0) is 13.0 Å². The molecular formula is C12H16N2O2. The number of nitrogens with zero attached hydrogens (tertiary/aromatic N) is 2. The van der Waals surface area contributed by atoms with Crippen molar-refractivity contribution in [1.82, 2.24) is 9.88 Å². The second-order valence-corrected chi connectivity index (χ2v) is 4.52. The Hall–Kier alpha value is -1.13. The van der Waals surface area contributed by atoms with Crippen LogP contribution in [-0.2, 0) is 4.74 Å². The van der Waals surface area contributed by atoms with Crippen molar-refractivity contribution in [3.8, 4) is 5.75 Å². The third kappa shape index (κ3) is 1.90. The molecule has 1 aromatic rings. The van der Waals surface area contributed by atoms with Crippen molar-refractivity contribution in [2.24, 2.45) is 0 Å². The van der Waals surface area contributed by atoms with E-state index < -0.39 is 0 Å². The van der Waals surface area contributed by atoms with Crippen LogP contribution in [0.1, 0.15) is 5.69 Å². The Labute approximate surface area is 95.2 Å². The van der Waals surface area contributed by atoms with Crippen molar-refractivity contribution in [2.45, 2.75) is 19.1 Å². The molecule has 1 aromatic heterocycles. The molecule has 4 heteroatoms. The number of pyridine rings is 1. The molecule has 0 amide bonds. The number of rotatable bonds is 3. The number of hydrogen-bond acceptors (Lipinski definition) is 4. The van der Waals surface area contributed by atoms with Crippen molar-refractivity contribution < 1.29 is 9.47 Å². The van der Waals surface area contributed by atoms with Gasteiger partial charge >= 0.3 is 0 Å². The predicted octanol–water partition coefficient (Wildman–Crippen LogP) is 0.852. The van der Waals surface area contributed by atoms with Gasteiger partial charge in [-0.3, -0.25) is 9.88 Å². The minimum absolute atomic E-state index is 0.336. The van der Waals surface area contributed by atoms with Crippen LogP contribution in [0, 0.1) is 6.92 Å². The van der Waals surface area contributed by atoms with Crippen LogP contribution in [-0.4, -0.2) is 48.3 Å². The summed E-state index contributed by atoms with van der Waals surface area (Å²) in [5.41, 5.74) is 1.00. The second kappa shape index (κ2) is 4.03. The van der Waals surface area contributed by atoms with Crippen LogP contribution in [0.25, 0.3) is 0 Å². The molecule has 2 saturated heterocycles. The maximum atomic E-state index is 5.86. The highest BCUT2D eigenvalue weighted by atomic mass is 16.5. The first kappa shape index (κ1) is 10.1. The molecule has 0 unspecified atom stereocenters. The summed E-state index contributed by atoms with van der Waals surface area (Å²) in [6, 6.07) is 4.54. The van der Waals surface area contributed by atoms with Gasteiger partial charge in [0.15, 0.2) is 0 Å². The normalized spacial score (nSPS) is 22.6. The van der Waals surface area contributed by atoms with Crippen LogP contribution in [0.5, 0.6) is 5.75 Å². The minimum atomic E-state index is 0.336. The van der Waals surface area contributed by atoms with E-state index in [-0.39, 0.29) is 0 Å². The Balaban J connectivity index is 1.50. The standard InChI is InChI=1S/C12H16N2O2/c1-9-4-11(2-3-13-9)16-12-5-14(6-12)10-7-15-8-10/h2-4,10,12H,5-8H2,1H3. The topological polar surface area (TPSA) is 34.6 Å². The SMILES string of the molecule is Cc1cc(OC2CN(C3COC3)C2)ccn1. The van der Waals surface area contributed by atoms with Crippen LogP contribution in [0.2, 0.25) is 0 Å². The molecule has 0 spiro atoms. The molecule has 2 aliphatic rings. The summed E-state index contributed by atoms with van der Waals surface area (Å²) in [5, 5.41) is 0. The van der Waals surface area contributed by atoms with Gasteiger partial charge in [0.05, 0.1) is 19.3 Å². The van der Waals surface area contributed by atoms with Crippen molar-refractivity contribution >= 4 is 0 Å². The highest BCUT2D eigenvalue weighted by molar-refractivity contribution is 5.22. The second-order valence-electron chi connectivity index (χ2n) is 4.52. The Morgan fingerprint density at radius 3 is 2.88 bits per heavy atom. The quantitative estimate of drug-likeness (QED) is 0.756. The average molecular weight is 220 g/mol. The van der Waals surface area contributed by atoms with Crippen molar-refractivity contribution in [3.05, 3.63) is 24.0 Å². The van der Waals surface area contributed by atoms with Gasteiger partial charge in [-0.25, -0.2) is 0 Å². The van der Waals surface area contributed by atoms with Gasteiger partial charge in [-0.15, -0.1) is 0 Å². The molecule has 16 heavy (non-hydrogen) atoms. The fourth-order valence-corrected chi connectivity index (χ4v) is 2.06. The molecule has 0 saturated carbocycles. The number of likely N-dealkylation sites (tertiary alicyclic amines) is 1. The van der Waals surface area contributed by atoms with Gasteiger partial charge in [-0.1, -0.05) is 0 Å². The molecule has 0 bridgehead atoms. The van der Waals surface area contributed by atoms with E-state index in [2.05, 4.69) is 9.88 Å². The fraction of sp³-hybridized carbons (Fsp3) is 0.583. The van der Waals surface area contributed by atoms with Gasteiger partial charge in [0.2, 0.25) is 0 Å². The molecular weight excluding hydrogens is 204 g/mol. The molecule has 3 heterocycles. The molecule has 2 aliphatic heterocycles. The van der Waals surface area contributed by atoms with Gasteiger partial charge in [-0.2, -0.15) is 0 Å². The van der Waals surface area contributed by atoms with E-state index in [1.165, 1.54) is 0 Å². The monoisotopic (exact) mass is 220 g/mol. The summed E-state index contributed by atoms with van der Waals surface area (Å²) in [7, 11) is 0. The van der Waals surface area contributed by atoms with Gasteiger partial charge < -0.3 is 9.47 Å². The van der Waals surface area contributed by atoms with E-state index >= 15 is 0 Å². The Morgan fingerprint density at radius 2 is 2.25 bits per heavy atom. The predicted molar refractivity (Wildman–Crippen MR) is 59.6 cm³/mol. The number of ether oxygens (including phenoxy) is 2. The van der Waals surface area contributed by atoms with E-state index in [0.717, 1.165) is 37.7 Å². The average Bonchev–Trinajstić information content (AvgIpc) is 2.11. The summed E-state index contributed by atoms with van der Waals surface area (Å²) in [6.07, 6.45) is 2.13. The number of aromatic nitrogens is 1. The molecule has 86 valence electrons. The Bertz CT molecular complexity index is 373. The van der Waals surface area contributed by atoms with Crippen LogP contribution in [0.3, 0.4) is 0 Å². The number of aryl methyl sites for hydroxylation is 1. The third-order valence-corrected chi connectivity index (χ3v) is 3.18. The molecule has 2 fully saturated rings. The van der Waals surface area contributed by atoms with E-state index in [0.29, 0.717) is 12.1 Å². The van der Waals surface area contributed by atoms with Gasteiger partial charge in [0, 0.05) is 31.0 Å². The van der Waals surface area contributed by atoms with Crippen LogP contribution >= 0.6 is 0 Å². The Kier molecular flexibility index (Phi) is 2.53. The zero-order valence-corrected chi connectivity index (χ0v) is 9.43. The summed E-state index contributed by atoms with van der Waals surface area (Å²) in [4.78, 5) is 6.57. The first-order valence-electron chi connectivity index (χ1n) is 5.72. The first-order chi connectivity index (χ1) is 7.81. The van der Waals surface area contributed by atoms with E-state index in [4.69, 9.17) is 9.47 Å². The van der Waals surface area contributed by atoms with E-state index in [9.17, 15) is 0 Å². The lowest BCUT2D eigenvalue weighted by atomic mass is 10.1. The molecule has 4 nitrogen and oxygen atoms in total. The molecule has 0 aliphatic carbocycles. The van der Waals surface area contributed by atoms with Crippen LogP contribution < -0.4 is 4.74 Å². The largest absolute Gasteiger partial charge is 0.488 e. The first-order valence-corrected chi connectivity index (χ1v) is 5.72. The third-order valence-electron chi connectivity index (χ3n) is 3.18. The van der Waals surface area contributed by atoms with Crippen molar-refractivity contribution in [2.75, 3.05) is 26.3 Å². The zero-order valence-electron chi connectivity index (χ0n) is 9.43. The maximum Gasteiger partial charge on any atom is 0.124 e. The summed E-state index contributed by atoms with van der Waals surface area (Å²) in [5.74, 6) is 0.932. The smallest absolute Gasteiger partial charge is 0.124 e. The molecule has 3 rings (SSSR count). The zero-order chi connectivity index (χ0) is 11.0. The maximum absolute atomic E-state index is 5.86. The minimum Gasteiger partial charge on any atom is -0.488 e. The molecule has 0 aromatic carbocycles. The van der Waals surface area contributed by atoms with E-state index in [1.54, 1.807) is 6.20 Å². The van der Waals surface area contributed by atoms with Crippen molar-refractivity contribution in [3.63, 3.8) is 0 Å². The van der Waals surface area contributed by atoms with Gasteiger partial charge in [0.25, 0.3) is 0 Å². The number of hydrogen-bond donors (Lipinski definition) is 0. The Morgan fingerprint density at radius 1 is 1.44 bits per heavy atom. The van der Waals surface area contributed by atoms with Crippen LogP contribution in [0.15, 0.2) is 18.3 Å². The highest BCUT2D eigenvalue weighted by Crippen LogP contribution is 2.22. The fourth-order valence-electron chi connectivity index (χ4n) is 2.06. The van der Waals surface area contributed by atoms with Crippen molar-refractivity contribution in [1.29, 1.82) is 0 Å². The molecule has 0 atom stereocenters. The van der Waals surface area contributed by atoms with E-state index in [1.807, 2.05) is 19.1 Å². The van der Waals surface area contributed by atoms with Gasteiger partial charge in [0.1, 0.15) is 11.9 Å². The lowest BCUT2D eigenvalue weighted by Crippen LogP contribution is -2.62. The molecule has 0 radical (unpaired) electrons. The summed E-state index contributed by atoms with van der Waals surface area (Å²) < 4.78 is 11.0. The summed E-state index contributed by atoms with van der Waals surface area (Å²) >= 11 is 0.